The average Bonchev–Trinajstić information content (AvgIpc) is 3.23. The van der Waals surface area contributed by atoms with Gasteiger partial charge in [-0.3, -0.25) is 9.69 Å². The zero-order chi connectivity index (χ0) is 19.0. The highest BCUT2D eigenvalue weighted by atomic mass is 32.1. The molecule has 4 rings (SSSR count). The molecule has 0 amide bonds. The number of likely N-dealkylation sites (tertiary alicyclic amines) is 1. The Morgan fingerprint density at radius 2 is 2.00 bits per heavy atom. The van der Waals surface area contributed by atoms with E-state index in [1.165, 1.54) is 17.7 Å². The van der Waals surface area contributed by atoms with Crippen LogP contribution in [0.5, 0.6) is 11.6 Å². The van der Waals surface area contributed by atoms with Crippen molar-refractivity contribution in [2.75, 3.05) is 13.1 Å². The van der Waals surface area contributed by atoms with E-state index in [0.29, 0.717) is 17.2 Å². The van der Waals surface area contributed by atoms with Gasteiger partial charge in [0.05, 0.1) is 11.9 Å². The molecule has 0 aliphatic carbocycles. The summed E-state index contributed by atoms with van der Waals surface area (Å²) in [6.07, 6.45) is 2.47. The highest BCUT2D eigenvalue weighted by Gasteiger charge is 2.19. The normalized spacial score (nSPS) is 14.8. The zero-order valence-corrected chi connectivity index (χ0v) is 16.7. The van der Waals surface area contributed by atoms with Gasteiger partial charge >= 0.3 is 0 Å². The van der Waals surface area contributed by atoms with Crippen LogP contribution in [0.15, 0.2) is 24.3 Å². The van der Waals surface area contributed by atoms with Crippen molar-refractivity contribution in [3.63, 3.8) is 0 Å². The molecular weight excluding hydrogens is 358 g/mol. The van der Waals surface area contributed by atoms with Crippen LogP contribution in [0.1, 0.15) is 46.4 Å². The van der Waals surface area contributed by atoms with Crippen molar-refractivity contribution in [1.29, 1.82) is 0 Å². The zero-order valence-electron chi connectivity index (χ0n) is 15.9. The molecule has 0 bridgehead atoms. The van der Waals surface area contributed by atoms with E-state index in [1.807, 2.05) is 12.1 Å². The van der Waals surface area contributed by atoms with Crippen molar-refractivity contribution in [1.82, 2.24) is 14.9 Å². The highest BCUT2D eigenvalue weighted by Crippen LogP contribution is 2.36. The minimum Gasteiger partial charge on any atom is -0.438 e. The topological polar surface area (TPSA) is 55.3 Å². The minimum atomic E-state index is 0.0190. The number of Topliss-reactive ketones (excluding diaryl/α,β-unsaturated/α-hetero) is 1. The molecule has 0 unspecified atom stereocenters. The molecule has 140 valence electrons. The predicted molar refractivity (Wildman–Crippen MR) is 108 cm³/mol. The molecule has 1 fully saturated rings. The molecule has 2 aromatic heterocycles. The van der Waals surface area contributed by atoms with E-state index in [2.05, 4.69) is 18.7 Å². The number of aromatic nitrogens is 2. The summed E-state index contributed by atoms with van der Waals surface area (Å²) in [6, 6.07) is 7.25. The van der Waals surface area contributed by atoms with Gasteiger partial charge in [-0.2, -0.15) is 4.98 Å². The van der Waals surface area contributed by atoms with E-state index in [1.54, 1.807) is 30.4 Å². The summed E-state index contributed by atoms with van der Waals surface area (Å²) in [5, 5.41) is 0.968. The van der Waals surface area contributed by atoms with Crippen LogP contribution < -0.4 is 4.74 Å². The first-order valence-corrected chi connectivity index (χ1v) is 10.1. The molecule has 1 aliphatic heterocycles. The molecule has 6 heteroatoms. The molecule has 1 aromatic carbocycles. The number of ketones is 1. The number of thiophene rings is 1. The molecule has 5 nitrogen and oxygen atoms in total. The monoisotopic (exact) mass is 381 g/mol. The Kier molecular flexibility index (Phi) is 4.93. The Bertz CT molecular complexity index is 1010. The maximum Gasteiger partial charge on any atom is 0.231 e. The molecule has 3 heterocycles. The number of fused-ring (bicyclic) bond motifs is 1. The summed E-state index contributed by atoms with van der Waals surface area (Å²) < 4.78 is 6.17. The quantitative estimate of drug-likeness (QED) is 0.589. The van der Waals surface area contributed by atoms with Gasteiger partial charge in [0.2, 0.25) is 5.88 Å². The lowest BCUT2D eigenvalue weighted by molar-refractivity contribution is 0.101. The van der Waals surface area contributed by atoms with Crippen LogP contribution in [-0.4, -0.2) is 33.7 Å². The van der Waals surface area contributed by atoms with Crippen molar-refractivity contribution < 1.29 is 9.53 Å². The third-order valence-corrected chi connectivity index (χ3v) is 6.16. The number of rotatable bonds is 5. The van der Waals surface area contributed by atoms with Crippen LogP contribution in [-0.2, 0) is 6.54 Å². The van der Waals surface area contributed by atoms with E-state index in [0.717, 1.165) is 41.2 Å². The van der Waals surface area contributed by atoms with Crippen LogP contribution in [0.4, 0.5) is 0 Å². The van der Waals surface area contributed by atoms with Crippen LogP contribution in [0.3, 0.4) is 0 Å². The van der Waals surface area contributed by atoms with E-state index in [9.17, 15) is 4.79 Å². The first kappa shape index (κ1) is 18.1. The molecule has 27 heavy (non-hydrogen) atoms. The molecular formula is C21H23N3O2S. The molecule has 0 N–H and O–H groups in total. The van der Waals surface area contributed by atoms with Gasteiger partial charge in [-0.25, -0.2) is 4.98 Å². The van der Waals surface area contributed by atoms with Gasteiger partial charge in [0.1, 0.15) is 16.4 Å². The summed E-state index contributed by atoms with van der Waals surface area (Å²) in [5.41, 5.74) is 1.79. The fraction of sp³-hybridized carbons (Fsp3) is 0.381. The van der Waals surface area contributed by atoms with Gasteiger partial charge in [-0.1, -0.05) is 12.1 Å². The first-order valence-electron chi connectivity index (χ1n) is 9.29. The highest BCUT2D eigenvalue weighted by molar-refractivity contribution is 7.18. The first-order chi connectivity index (χ1) is 13.0. The number of aryl methyl sites for hydroxylation is 2. The molecule has 3 aromatic rings. The van der Waals surface area contributed by atoms with Gasteiger partial charge in [0, 0.05) is 10.4 Å². The predicted octanol–water partition coefficient (Wildman–Crippen LogP) is 4.90. The Balaban J connectivity index is 1.74. The number of nitrogens with zero attached hydrogens (tertiary/aromatic N) is 3. The Morgan fingerprint density at radius 3 is 2.74 bits per heavy atom. The van der Waals surface area contributed by atoms with Crippen molar-refractivity contribution in [3.8, 4) is 11.6 Å². The number of ether oxygens (including phenoxy) is 1. The molecule has 0 atom stereocenters. The molecule has 0 saturated carbocycles. The maximum absolute atomic E-state index is 11.7. The molecule has 1 saturated heterocycles. The van der Waals surface area contributed by atoms with Gasteiger partial charge in [-0.15, -0.1) is 11.3 Å². The summed E-state index contributed by atoms with van der Waals surface area (Å²) in [6.45, 7) is 8.68. The third kappa shape index (κ3) is 3.73. The van der Waals surface area contributed by atoms with Crippen molar-refractivity contribution in [3.05, 3.63) is 46.1 Å². The Morgan fingerprint density at radius 1 is 1.22 bits per heavy atom. The Hall–Kier alpha value is -2.31. The SMILES string of the molecule is CC(=O)c1cccc(Oc2nc(CN3CCCC3)nc3sc(C)c(C)c23)c1. The third-order valence-electron chi connectivity index (χ3n) is 5.06. The maximum atomic E-state index is 11.7. The van der Waals surface area contributed by atoms with Gasteiger partial charge in [0.25, 0.3) is 0 Å². The van der Waals surface area contributed by atoms with E-state index in [-0.39, 0.29) is 5.78 Å². The number of hydrogen-bond donors (Lipinski definition) is 0. The Labute approximate surface area is 163 Å². The molecule has 0 radical (unpaired) electrons. The van der Waals surface area contributed by atoms with Crippen molar-refractivity contribution in [2.45, 2.75) is 40.2 Å². The van der Waals surface area contributed by atoms with E-state index in [4.69, 9.17) is 14.7 Å². The molecule has 1 aliphatic rings. The fourth-order valence-electron chi connectivity index (χ4n) is 3.43. The van der Waals surface area contributed by atoms with E-state index >= 15 is 0 Å². The van der Waals surface area contributed by atoms with Crippen LogP contribution >= 0.6 is 11.3 Å². The summed E-state index contributed by atoms with van der Waals surface area (Å²) in [7, 11) is 0. The number of carbonyl (C=O) groups is 1. The summed E-state index contributed by atoms with van der Waals surface area (Å²) >= 11 is 1.68. The lowest BCUT2D eigenvalue weighted by atomic mass is 10.1. The fourth-order valence-corrected chi connectivity index (χ4v) is 4.47. The number of hydrogen-bond acceptors (Lipinski definition) is 6. The van der Waals surface area contributed by atoms with Gasteiger partial charge in [-0.05, 0) is 64.4 Å². The van der Waals surface area contributed by atoms with Crippen LogP contribution in [0, 0.1) is 13.8 Å². The van der Waals surface area contributed by atoms with Crippen LogP contribution in [0.2, 0.25) is 0 Å². The average molecular weight is 382 g/mol. The summed E-state index contributed by atoms with van der Waals surface area (Å²) in [5.74, 6) is 2.02. The number of benzene rings is 1. The lowest BCUT2D eigenvalue weighted by Crippen LogP contribution is -2.20. The lowest BCUT2D eigenvalue weighted by Gasteiger charge is -2.14. The van der Waals surface area contributed by atoms with Crippen molar-refractivity contribution >= 4 is 27.3 Å². The second-order valence-corrected chi connectivity index (χ2v) is 8.28. The molecule has 0 spiro atoms. The second kappa shape index (κ2) is 7.37. The minimum absolute atomic E-state index is 0.0190. The summed E-state index contributed by atoms with van der Waals surface area (Å²) in [4.78, 5) is 25.8. The van der Waals surface area contributed by atoms with Gasteiger partial charge < -0.3 is 4.74 Å². The van der Waals surface area contributed by atoms with Gasteiger partial charge in [0.15, 0.2) is 5.78 Å². The van der Waals surface area contributed by atoms with Crippen molar-refractivity contribution in [2.24, 2.45) is 0 Å². The van der Waals surface area contributed by atoms with Crippen LogP contribution in [0.25, 0.3) is 10.2 Å². The standard InChI is InChI=1S/C21H23N3O2S/c1-13-15(3)27-21-19(13)20(22-18(23-21)12-24-9-4-5-10-24)26-17-8-6-7-16(11-17)14(2)25/h6-8,11H,4-5,9-10,12H2,1-3H3. The largest absolute Gasteiger partial charge is 0.438 e. The smallest absolute Gasteiger partial charge is 0.231 e. The van der Waals surface area contributed by atoms with E-state index < -0.39 is 0 Å². The number of carbonyl (C=O) groups excluding carboxylic acids is 1. The second-order valence-electron chi connectivity index (χ2n) is 7.08.